The highest BCUT2D eigenvalue weighted by molar-refractivity contribution is 7.89. The fourth-order valence-corrected chi connectivity index (χ4v) is 5.44. The normalized spacial score (nSPS) is 23.0. The lowest BCUT2D eigenvalue weighted by molar-refractivity contribution is 0.0813. The molecule has 1 N–H and O–H groups in total. The summed E-state index contributed by atoms with van der Waals surface area (Å²) in [6.07, 6.45) is -0.182. The summed E-state index contributed by atoms with van der Waals surface area (Å²) in [7, 11) is 0.143. The van der Waals surface area contributed by atoms with Crippen molar-refractivity contribution in [2.45, 2.75) is 30.9 Å². The van der Waals surface area contributed by atoms with E-state index in [1.54, 1.807) is 13.0 Å². The van der Waals surface area contributed by atoms with Crippen LogP contribution in [0.2, 0.25) is 0 Å². The molecule has 158 valence electrons. The van der Waals surface area contributed by atoms with Crippen molar-refractivity contribution >= 4 is 10.0 Å². The van der Waals surface area contributed by atoms with Crippen LogP contribution < -0.4 is 4.74 Å². The molecular formula is C22H30N2O4S. The van der Waals surface area contributed by atoms with Crippen molar-refractivity contribution in [2.75, 3.05) is 33.8 Å². The van der Waals surface area contributed by atoms with Crippen molar-refractivity contribution < 1.29 is 18.3 Å². The van der Waals surface area contributed by atoms with Gasteiger partial charge in [0.2, 0.25) is 10.0 Å². The highest BCUT2D eigenvalue weighted by Gasteiger charge is 2.37. The number of ether oxygens (including phenoxy) is 1. The number of rotatable bonds is 5. The number of sulfonamides is 1. The third kappa shape index (κ3) is 4.64. The standard InChI is InChI=1S/C22H30N2O4S/c1-16-13-24(17(2)15-25)29(26,27)22-11-10-19(18-8-6-5-7-9-18)12-20(22)28-21(16)14-23(3)4/h5-12,16-17,21,25H,13-15H2,1-4H3/t16-,17+,21-/m0/s1. The minimum atomic E-state index is -3.80. The number of fused-ring (bicyclic) bond motifs is 1. The summed E-state index contributed by atoms with van der Waals surface area (Å²) < 4.78 is 34.6. The molecule has 3 rings (SSSR count). The Labute approximate surface area is 173 Å². The Kier molecular flexibility index (Phi) is 6.63. The predicted octanol–water partition coefficient (Wildman–Crippen LogP) is 2.68. The van der Waals surface area contributed by atoms with Gasteiger partial charge in [-0.1, -0.05) is 43.3 Å². The number of hydrogen-bond donors (Lipinski definition) is 1. The van der Waals surface area contributed by atoms with Gasteiger partial charge < -0.3 is 14.7 Å². The molecule has 0 radical (unpaired) electrons. The summed E-state index contributed by atoms with van der Waals surface area (Å²) in [5.41, 5.74) is 1.90. The number of benzene rings is 2. The molecule has 0 spiro atoms. The molecule has 2 aromatic rings. The number of likely N-dealkylation sites (N-methyl/N-ethyl adjacent to an activating group) is 1. The maximum Gasteiger partial charge on any atom is 0.247 e. The molecule has 3 atom stereocenters. The summed E-state index contributed by atoms with van der Waals surface area (Å²) in [4.78, 5) is 2.19. The number of aliphatic hydroxyl groups is 1. The van der Waals surface area contributed by atoms with Crippen LogP contribution in [0.4, 0.5) is 0 Å². The highest BCUT2D eigenvalue weighted by atomic mass is 32.2. The van der Waals surface area contributed by atoms with Crippen molar-refractivity contribution in [3.63, 3.8) is 0 Å². The largest absolute Gasteiger partial charge is 0.487 e. The molecule has 0 unspecified atom stereocenters. The van der Waals surface area contributed by atoms with Gasteiger partial charge in [0.25, 0.3) is 0 Å². The van der Waals surface area contributed by atoms with Gasteiger partial charge in [-0.15, -0.1) is 0 Å². The second-order valence-corrected chi connectivity index (χ2v) is 9.89. The molecule has 0 saturated heterocycles. The fraction of sp³-hybridized carbons (Fsp3) is 0.455. The summed E-state index contributed by atoms with van der Waals surface area (Å²) in [6.45, 7) is 4.45. The van der Waals surface area contributed by atoms with E-state index in [-0.39, 0.29) is 23.5 Å². The lowest BCUT2D eigenvalue weighted by Gasteiger charge is -2.37. The number of aliphatic hydroxyl groups excluding tert-OH is 1. The Hall–Kier alpha value is -1.93. The van der Waals surface area contributed by atoms with Crippen LogP contribution in [0.5, 0.6) is 5.75 Å². The highest BCUT2D eigenvalue weighted by Crippen LogP contribution is 2.36. The average molecular weight is 419 g/mol. The van der Waals surface area contributed by atoms with Gasteiger partial charge in [0.15, 0.2) is 0 Å². The zero-order chi connectivity index (χ0) is 21.2. The molecule has 29 heavy (non-hydrogen) atoms. The van der Waals surface area contributed by atoms with Crippen LogP contribution in [0.3, 0.4) is 0 Å². The first kappa shape index (κ1) is 21.8. The smallest absolute Gasteiger partial charge is 0.247 e. The maximum absolute atomic E-state index is 13.4. The molecule has 1 aliphatic rings. The monoisotopic (exact) mass is 418 g/mol. The van der Waals surface area contributed by atoms with E-state index in [4.69, 9.17) is 4.74 Å². The van der Waals surface area contributed by atoms with Gasteiger partial charge in [-0.2, -0.15) is 4.31 Å². The quantitative estimate of drug-likeness (QED) is 0.809. The zero-order valence-corrected chi connectivity index (χ0v) is 18.3. The molecule has 0 amide bonds. The SMILES string of the molecule is C[C@H](CO)N1C[C@H](C)[C@H](CN(C)C)Oc2cc(-c3ccccc3)ccc2S1(=O)=O. The van der Waals surface area contributed by atoms with E-state index in [1.165, 1.54) is 4.31 Å². The first-order valence-corrected chi connectivity index (χ1v) is 11.3. The molecule has 1 heterocycles. The van der Waals surface area contributed by atoms with E-state index in [9.17, 15) is 13.5 Å². The second-order valence-electron chi connectivity index (χ2n) is 8.03. The molecule has 2 aromatic carbocycles. The summed E-state index contributed by atoms with van der Waals surface area (Å²) in [5.74, 6) is 0.314. The molecule has 0 aliphatic carbocycles. The Morgan fingerprint density at radius 3 is 2.48 bits per heavy atom. The van der Waals surface area contributed by atoms with Crippen molar-refractivity contribution in [3.05, 3.63) is 48.5 Å². The van der Waals surface area contributed by atoms with Crippen LogP contribution in [-0.4, -0.2) is 68.7 Å². The van der Waals surface area contributed by atoms with Gasteiger partial charge >= 0.3 is 0 Å². The first-order valence-electron chi connectivity index (χ1n) is 9.87. The van der Waals surface area contributed by atoms with Crippen molar-refractivity contribution in [1.29, 1.82) is 0 Å². The minimum absolute atomic E-state index is 0.0466. The van der Waals surface area contributed by atoms with Gasteiger partial charge in [-0.05, 0) is 44.3 Å². The molecule has 0 bridgehead atoms. The van der Waals surface area contributed by atoms with E-state index in [0.717, 1.165) is 11.1 Å². The molecule has 0 fully saturated rings. The van der Waals surface area contributed by atoms with E-state index < -0.39 is 16.1 Å². The predicted molar refractivity (Wildman–Crippen MR) is 114 cm³/mol. The van der Waals surface area contributed by atoms with Crippen LogP contribution >= 0.6 is 0 Å². The molecule has 7 heteroatoms. The molecule has 1 aliphatic heterocycles. The lowest BCUT2D eigenvalue weighted by atomic mass is 10.0. The van der Waals surface area contributed by atoms with E-state index in [2.05, 4.69) is 0 Å². The Morgan fingerprint density at radius 2 is 1.86 bits per heavy atom. The third-order valence-corrected chi connectivity index (χ3v) is 7.34. The van der Waals surface area contributed by atoms with Gasteiger partial charge in [0.05, 0.1) is 6.61 Å². The van der Waals surface area contributed by atoms with E-state index in [0.29, 0.717) is 18.8 Å². The maximum atomic E-state index is 13.4. The second kappa shape index (κ2) is 8.83. The zero-order valence-electron chi connectivity index (χ0n) is 17.4. The summed E-state index contributed by atoms with van der Waals surface area (Å²) >= 11 is 0. The van der Waals surface area contributed by atoms with Crippen molar-refractivity contribution in [2.24, 2.45) is 5.92 Å². The van der Waals surface area contributed by atoms with Crippen LogP contribution in [0, 0.1) is 5.92 Å². The van der Waals surface area contributed by atoms with Gasteiger partial charge in [0, 0.05) is 25.0 Å². The van der Waals surface area contributed by atoms with Crippen LogP contribution in [-0.2, 0) is 10.0 Å². The molecule has 0 aromatic heterocycles. The van der Waals surface area contributed by atoms with Crippen molar-refractivity contribution in [1.82, 2.24) is 9.21 Å². The summed E-state index contributed by atoms with van der Waals surface area (Å²) in [5, 5.41) is 9.67. The Morgan fingerprint density at radius 1 is 1.17 bits per heavy atom. The third-order valence-electron chi connectivity index (χ3n) is 5.32. The molecule has 0 saturated carbocycles. The Bertz CT molecular complexity index is 931. The average Bonchev–Trinajstić information content (AvgIpc) is 2.70. The van der Waals surface area contributed by atoms with Gasteiger partial charge in [-0.3, -0.25) is 0 Å². The summed E-state index contributed by atoms with van der Waals surface area (Å²) in [6, 6.07) is 14.5. The van der Waals surface area contributed by atoms with Crippen LogP contribution in [0.1, 0.15) is 13.8 Å². The molecular weight excluding hydrogens is 388 g/mol. The molecule has 6 nitrogen and oxygen atoms in total. The first-order chi connectivity index (χ1) is 13.7. The minimum Gasteiger partial charge on any atom is -0.487 e. The number of hydrogen-bond acceptors (Lipinski definition) is 5. The van der Waals surface area contributed by atoms with Gasteiger partial charge in [0.1, 0.15) is 16.7 Å². The lowest BCUT2D eigenvalue weighted by Crippen LogP contribution is -2.49. The van der Waals surface area contributed by atoms with E-state index >= 15 is 0 Å². The van der Waals surface area contributed by atoms with Crippen molar-refractivity contribution in [3.8, 4) is 16.9 Å². The fourth-order valence-electron chi connectivity index (χ4n) is 3.61. The topological polar surface area (TPSA) is 70.1 Å². The Balaban J connectivity index is 2.14. The van der Waals surface area contributed by atoms with Gasteiger partial charge in [-0.25, -0.2) is 8.42 Å². The van der Waals surface area contributed by atoms with Crippen LogP contribution in [0.25, 0.3) is 11.1 Å². The van der Waals surface area contributed by atoms with E-state index in [1.807, 2.05) is 68.4 Å². The van der Waals surface area contributed by atoms with Crippen LogP contribution in [0.15, 0.2) is 53.4 Å². The number of nitrogens with zero attached hydrogens (tertiary/aromatic N) is 2.